The van der Waals surface area contributed by atoms with Gasteiger partial charge in [0.05, 0.1) is 5.92 Å². The summed E-state index contributed by atoms with van der Waals surface area (Å²) in [6.45, 7) is 8.20. The van der Waals surface area contributed by atoms with Crippen LogP contribution in [-0.2, 0) is 4.79 Å². The van der Waals surface area contributed by atoms with Crippen molar-refractivity contribution in [3.63, 3.8) is 0 Å². The van der Waals surface area contributed by atoms with E-state index in [4.69, 9.17) is 5.11 Å². The minimum atomic E-state index is -0.680. The second-order valence-corrected chi connectivity index (χ2v) is 4.28. The van der Waals surface area contributed by atoms with E-state index in [1.54, 1.807) is 6.92 Å². The van der Waals surface area contributed by atoms with Gasteiger partial charge in [0.2, 0.25) is 0 Å². The summed E-state index contributed by atoms with van der Waals surface area (Å²) < 4.78 is 0. The average Bonchev–Trinajstić information content (AvgIpc) is 2.13. The smallest absolute Gasteiger partial charge is 0.306 e. The molecule has 14 heavy (non-hydrogen) atoms. The van der Waals surface area contributed by atoms with Gasteiger partial charge in [0.25, 0.3) is 0 Å². The molecule has 0 saturated heterocycles. The van der Waals surface area contributed by atoms with Gasteiger partial charge >= 0.3 is 5.97 Å². The molecule has 2 atom stereocenters. The lowest BCUT2D eigenvalue weighted by molar-refractivity contribution is -0.141. The van der Waals surface area contributed by atoms with Gasteiger partial charge in [0.15, 0.2) is 0 Å². The second-order valence-electron chi connectivity index (χ2n) is 4.28. The summed E-state index contributed by atoms with van der Waals surface area (Å²) in [6, 6.07) is 0. The van der Waals surface area contributed by atoms with E-state index in [0.29, 0.717) is 5.92 Å². The van der Waals surface area contributed by atoms with Crippen molar-refractivity contribution < 1.29 is 9.90 Å². The standard InChI is InChI=1S/C11H23NO2/c1-5-12(4)8-9(2)6-7-10(3)11(13)14/h9-10H,5-8H2,1-4H3,(H,13,14)/t9-,10+/m1/s1. The fourth-order valence-corrected chi connectivity index (χ4v) is 1.41. The molecule has 0 saturated carbocycles. The number of rotatable bonds is 7. The normalized spacial score (nSPS) is 15.5. The molecule has 0 rings (SSSR count). The molecule has 0 aromatic heterocycles. The molecule has 0 aliphatic rings. The summed E-state index contributed by atoms with van der Waals surface area (Å²) in [7, 11) is 2.09. The summed E-state index contributed by atoms with van der Waals surface area (Å²) in [5, 5.41) is 8.71. The molecule has 3 nitrogen and oxygen atoms in total. The Hall–Kier alpha value is -0.570. The molecule has 0 amide bonds. The van der Waals surface area contributed by atoms with Crippen LogP contribution in [0.3, 0.4) is 0 Å². The number of carboxylic acids is 1. The fraction of sp³-hybridized carbons (Fsp3) is 0.909. The summed E-state index contributed by atoms with van der Waals surface area (Å²) in [4.78, 5) is 12.8. The van der Waals surface area contributed by atoms with E-state index < -0.39 is 5.97 Å². The Morgan fingerprint density at radius 2 is 1.93 bits per heavy atom. The van der Waals surface area contributed by atoms with Gasteiger partial charge in [-0.2, -0.15) is 0 Å². The topological polar surface area (TPSA) is 40.5 Å². The molecule has 3 heteroatoms. The van der Waals surface area contributed by atoms with Crippen LogP contribution in [0.1, 0.15) is 33.6 Å². The first-order valence-electron chi connectivity index (χ1n) is 5.38. The van der Waals surface area contributed by atoms with Crippen LogP contribution < -0.4 is 0 Å². The summed E-state index contributed by atoms with van der Waals surface area (Å²) in [5.41, 5.74) is 0. The van der Waals surface area contributed by atoms with Crippen LogP contribution in [-0.4, -0.2) is 36.1 Å². The lowest BCUT2D eigenvalue weighted by atomic mass is 9.98. The third-order valence-corrected chi connectivity index (χ3v) is 2.68. The van der Waals surface area contributed by atoms with Crippen LogP contribution in [0.2, 0.25) is 0 Å². The SMILES string of the molecule is CCN(C)C[C@H](C)CC[C@H](C)C(=O)O. The lowest BCUT2D eigenvalue weighted by Crippen LogP contribution is -2.24. The molecule has 84 valence electrons. The van der Waals surface area contributed by atoms with E-state index in [1.807, 2.05) is 0 Å². The van der Waals surface area contributed by atoms with E-state index >= 15 is 0 Å². The molecule has 0 fully saturated rings. The molecule has 0 spiro atoms. The zero-order chi connectivity index (χ0) is 11.1. The van der Waals surface area contributed by atoms with Crippen LogP contribution in [0.25, 0.3) is 0 Å². The Morgan fingerprint density at radius 1 is 1.36 bits per heavy atom. The maximum Gasteiger partial charge on any atom is 0.306 e. The van der Waals surface area contributed by atoms with Crippen LogP contribution >= 0.6 is 0 Å². The minimum Gasteiger partial charge on any atom is -0.481 e. The molecule has 0 unspecified atom stereocenters. The Bertz CT molecular complexity index is 171. The largest absolute Gasteiger partial charge is 0.481 e. The number of carboxylic acid groups (broad SMARTS) is 1. The molecule has 1 N–H and O–H groups in total. The molecular formula is C11H23NO2. The Kier molecular flexibility index (Phi) is 6.54. The maximum atomic E-state index is 10.6. The van der Waals surface area contributed by atoms with Crippen LogP contribution in [0, 0.1) is 11.8 Å². The van der Waals surface area contributed by atoms with Crippen LogP contribution in [0.5, 0.6) is 0 Å². The molecule has 0 radical (unpaired) electrons. The van der Waals surface area contributed by atoms with E-state index in [0.717, 1.165) is 25.9 Å². The minimum absolute atomic E-state index is 0.204. The van der Waals surface area contributed by atoms with Gasteiger partial charge in [-0.25, -0.2) is 0 Å². The Balaban J connectivity index is 3.63. The van der Waals surface area contributed by atoms with Crippen molar-refractivity contribution >= 4 is 5.97 Å². The highest BCUT2D eigenvalue weighted by molar-refractivity contribution is 5.69. The molecule has 0 aliphatic heterocycles. The van der Waals surface area contributed by atoms with Crippen molar-refractivity contribution in [3.8, 4) is 0 Å². The number of hydrogen-bond acceptors (Lipinski definition) is 2. The molecule has 0 bridgehead atoms. The van der Waals surface area contributed by atoms with Crippen molar-refractivity contribution in [3.05, 3.63) is 0 Å². The van der Waals surface area contributed by atoms with Gasteiger partial charge < -0.3 is 10.0 Å². The predicted octanol–water partition coefficient (Wildman–Crippen LogP) is 2.08. The highest BCUT2D eigenvalue weighted by Gasteiger charge is 2.13. The first-order chi connectivity index (χ1) is 6.47. The van der Waals surface area contributed by atoms with Crippen molar-refractivity contribution in [1.29, 1.82) is 0 Å². The highest BCUT2D eigenvalue weighted by Crippen LogP contribution is 2.13. The number of hydrogen-bond donors (Lipinski definition) is 1. The number of carbonyl (C=O) groups is 1. The zero-order valence-corrected chi connectivity index (χ0v) is 9.79. The number of aliphatic carboxylic acids is 1. The number of nitrogens with zero attached hydrogens (tertiary/aromatic N) is 1. The van der Waals surface area contributed by atoms with E-state index in [1.165, 1.54) is 0 Å². The summed E-state index contributed by atoms with van der Waals surface area (Å²) >= 11 is 0. The highest BCUT2D eigenvalue weighted by atomic mass is 16.4. The first kappa shape index (κ1) is 13.4. The van der Waals surface area contributed by atoms with Gasteiger partial charge in [-0.3, -0.25) is 4.79 Å². The van der Waals surface area contributed by atoms with Gasteiger partial charge in [-0.15, -0.1) is 0 Å². The molecule has 0 aromatic rings. The quantitative estimate of drug-likeness (QED) is 0.685. The molecular weight excluding hydrogens is 178 g/mol. The fourth-order valence-electron chi connectivity index (χ4n) is 1.41. The average molecular weight is 201 g/mol. The molecule has 0 aliphatic carbocycles. The third kappa shape index (κ3) is 5.97. The monoisotopic (exact) mass is 201 g/mol. The summed E-state index contributed by atoms with van der Waals surface area (Å²) in [6.07, 6.45) is 1.78. The van der Waals surface area contributed by atoms with E-state index in [9.17, 15) is 4.79 Å². The van der Waals surface area contributed by atoms with Gasteiger partial charge in [-0.1, -0.05) is 20.8 Å². The Morgan fingerprint density at radius 3 is 2.36 bits per heavy atom. The van der Waals surface area contributed by atoms with Crippen molar-refractivity contribution in [1.82, 2.24) is 4.90 Å². The molecule has 0 aromatic carbocycles. The molecule has 0 heterocycles. The van der Waals surface area contributed by atoms with Gasteiger partial charge in [-0.05, 0) is 32.4 Å². The van der Waals surface area contributed by atoms with Crippen molar-refractivity contribution in [2.24, 2.45) is 11.8 Å². The van der Waals surface area contributed by atoms with Crippen molar-refractivity contribution in [2.45, 2.75) is 33.6 Å². The predicted molar refractivity (Wildman–Crippen MR) is 58.4 cm³/mol. The Labute approximate surface area is 87.1 Å². The first-order valence-corrected chi connectivity index (χ1v) is 5.38. The zero-order valence-electron chi connectivity index (χ0n) is 9.79. The lowest BCUT2D eigenvalue weighted by Gasteiger charge is -2.20. The van der Waals surface area contributed by atoms with E-state index in [2.05, 4.69) is 25.8 Å². The third-order valence-electron chi connectivity index (χ3n) is 2.68. The van der Waals surface area contributed by atoms with Crippen molar-refractivity contribution in [2.75, 3.05) is 20.1 Å². The van der Waals surface area contributed by atoms with Crippen LogP contribution in [0.15, 0.2) is 0 Å². The van der Waals surface area contributed by atoms with E-state index in [-0.39, 0.29) is 5.92 Å². The van der Waals surface area contributed by atoms with Gasteiger partial charge in [0.1, 0.15) is 0 Å². The summed E-state index contributed by atoms with van der Waals surface area (Å²) in [5.74, 6) is -0.299. The maximum absolute atomic E-state index is 10.6. The van der Waals surface area contributed by atoms with Crippen LogP contribution in [0.4, 0.5) is 0 Å². The van der Waals surface area contributed by atoms with Gasteiger partial charge in [0, 0.05) is 6.54 Å². The second kappa shape index (κ2) is 6.82.